The Bertz CT molecular complexity index is 852. The van der Waals surface area contributed by atoms with Gasteiger partial charge in [0, 0.05) is 13.8 Å². The maximum absolute atomic E-state index is 11.7. The fourth-order valence-corrected chi connectivity index (χ4v) is 4.87. The van der Waals surface area contributed by atoms with Crippen LogP contribution in [0.3, 0.4) is 0 Å². The minimum Gasteiger partial charge on any atom is -0.394 e. The molecule has 2 amide bonds. The highest BCUT2D eigenvalue weighted by Crippen LogP contribution is 2.32. The van der Waals surface area contributed by atoms with Crippen LogP contribution in [-0.4, -0.2) is 170 Å². The molecule has 18 heteroatoms. The van der Waals surface area contributed by atoms with Gasteiger partial charge in [0.25, 0.3) is 0 Å². The standard InChI is InChI=1S/C22H38N2O16/c1-6(28)23-11-15(32)18(9(4-26)36-20(11)35)40-22-17(34)16(33)19(10(5-27)38-22)39-21-12(24-7(2)29)14(31)13(30)8(3-25)37-21/h8-22,25-27,30-35H,3-5H2,1-2H3,(H,23,28)(H,24,29)/t8-,9-,10-,11-,12-,13+,14-,15-,16-,17-,18-,19+,20-,21+,22+/m1/s1. The quantitative estimate of drug-likeness (QED) is 0.120. The zero-order chi connectivity index (χ0) is 29.9. The summed E-state index contributed by atoms with van der Waals surface area (Å²) in [5.74, 6) is -1.26. The van der Waals surface area contributed by atoms with Crippen LogP contribution in [0.5, 0.6) is 0 Å². The second-order valence-electron chi connectivity index (χ2n) is 9.81. The molecule has 0 bridgehead atoms. The summed E-state index contributed by atoms with van der Waals surface area (Å²) >= 11 is 0. The van der Waals surface area contributed by atoms with Gasteiger partial charge in [-0.05, 0) is 0 Å². The van der Waals surface area contributed by atoms with Gasteiger partial charge in [-0.1, -0.05) is 0 Å². The van der Waals surface area contributed by atoms with Crippen molar-refractivity contribution in [2.45, 2.75) is 106 Å². The number of hydrogen-bond acceptors (Lipinski definition) is 16. The van der Waals surface area contributed by atoms with Crippen LogP contribution < -0.4 is 10.6 Å². The summed E-state index contributed by atoms with van der Waals surface area (Å²) in [7, 11) is 0. The van der Waals surface area contributed by atoms with Crippen molar-refractivity contribution in [1.82, 2.24) is 10.6 Å². The molecule has 3 rings (SSSR count). The number of ether oxygens (including phenoxy) is 5. The molecule has 3 aliphatic rings. The smallest absolute Gasteiger partial charge is 0.217 e. The molecule has 15 atom stereocenters. The minimum absolute atomic E-state index is 0.624. The van der Waals surface area contributed by atoms with Crippen LogP contribution in [0.4, 0.5) is 0 Å². The third-order valence-electron chi connectivity index (χ3n) is 6.90. The van der Waals surface area contributed by atoms with Crippen LogP contribution in [0.15, 0.2) is 0 Å². The van der Waals surface area contributed by atoms with Crippen molar-refractivity contribution in [2.24, 2.45) is 0 Å². The molecule has 232 valence electrons. The second-order valence-corrected chi connectivity index (χ2v) is 9.81. The second kappa shape index (κ2) is 14.0. The monoisotopic (exact) mass is 586 g/mol. The Hall–Kier alpha value is -1.62. The zero-order valence-electron chi connectivity index (χ0n) is 21.7. The van der Waals surface area contributed by atoms with Gasteiger partial charge < -0.3 is 80.3 Å². The molecule has 3 aliphatic heterocycles. The summed E-state index contributed by atoms with van der Waals surface area (Å²) in [5, 5.41) is 96.9. The van der Waals surface area contributed by atoms with Crippen molar-refractivity contribution in [3.63, 3.8) is 0 Å². The van der Waals surface area contributed by atoms with Crippen LogP contribution in [-0.2, 0) is 33.3 Å². The fraction of sp³-hybridized carbons (Fsp3) is 0.909. The summed E-state index contributed by atoms with van der Waals surface area (Å²) in [6, 6.07) is -2.79. The lowest BCUT2D eigenvalue weighted by Gasteiger charge is -2.48. The normalized spacial score (nSPS) is 46.0. The van der Waals surface area contributed by atoms with E-state index in [0.29, 0.717) is 0 Å². The molecule has 0 spiro atoms. The Morgan fingerprint density at radius 2 is 1.07 bits per heavy atom. The molecular formula is C22H38N2O16. The first kappa shape index (κ1) is 32.9. The van der Waals surface area contributed by atoms with Crippen LogP contribution in [0.25, 0.3) is 0 Å². The largest absolute Gasteiger partial charge is 0.394 e. The van der Waals surface area contributed by atoms with E-state index < -0.39 is 124 Å². The molecule has 11 N–H and O–H groups in total. The molecule has 0 saturated carbocycles. The Morgan fingerprint density at radius 1 is 0.600 bits per heavy atom. The van der Waals surface area contributed by atoms with E-state index in [0.717, 1.165) is 13.8 Å². The highest BCUT2D eigenvalue weighted by Gasteiger charge is 2.53. The van der Waals surface area contributed by atoms with E-state index in [1.54, 1.807) is 0 Å². The van der Waals surface area contributed by atoms with Crippen LogP contribution in [0.1, 0.15) is 13.8 Å². The topological polar surface area (TPSA) is 286 Å². The van der Waals surface area contributed by atoms with Gasteiger partial charge in [0.05, 0.1) is 19.8 Å². The fourth-order valence-electron chi connectivity index (χ4n) is 4.87. The number of nitrogens with one attached hydrogen (secondary N) is 2. The third kappa shape index (κ3) is 7.05. The average Bonchev–Trinajstić information content (AvgIpc) is 2.90. The third-order valence-corrected chi connectivity index (χ3v) is 6.90. The van der Waals surface area contributed by atoms with Crippen LogP contribution in [0, 0.1) is 0 Å². The lowest BCUT2D eigenvalue weighted by molar-refractivity contribution is -0.366. The van der Waals surface area contributed by atoms with Crippen molar-refractivity contribution in [2.75, 3.05) is 19.8 Å². The SMILES string of the molecule is CC(=O)N[C@@H]1[C@@H](O)[C@H](O[C@@H]2O[C@H](CO)[C@H](O[C@@H]3O[C@H](CO)[C@H](O)[C@H](O)[C@H]3NC(C)=O)[C@H](O)[C@H]2O)[C@@H](CO)O[C@H]1O. The van der Waals surface area contributed by atoms with Gasteiger partial charge >= 0.3 is 0 Å². The first-order valence-electron chi connectivity index (χ1n) is 12.6. The van der Waals surface area contributed by atoms with Crippen LogP contribution >= 0.6 is 0 Å². The molecule has 0 radical (unpaired) electrons. The summed E-state index contributed by atoms with van der Waals surface area (Å²) < 4.78 is 27.5. The van der Waals surface area contributed by atoms with Gasteiger partial charge in [-0.25, -0.2) is 0 Å². The van der Waals surface area contributed by atoms with E-state index in [9.17, 15) is 55.5 Å². The summed E-state index contributed by atoms with van der Waals surface area (Å²) in [6.07, 6.45) is -21.1. The zero-order valence-corrected chi connectivity index (χ0v) is 21.7. The molecule has 0 aromatic heterocycles. The van der Waals surface area contributed by atoms with Crippen molar-refractivity contribution in [3.05, 3.63) is 0 Å². The number of carbonyl (C=O) groups excluding carboxylic acids is 2. The molecule has 3 heterocycles. The van der Waals surface area contributed by atoms with E-state index in [1.807, 2.05) is 0 Å². The number of hydrogen-bond donors (Lipinski definition) is 11. The maximum Gasteiger partial charge on any atom is 0.217 e. The van der Waals surface area contributed by atoms with Crippen molar-refractivity contribution in [1.29, 1.82) is 0 Å². The Labute approximate surface area is 228 Å². The number of aliphatic hydroxyl groups excluding tert-OH is 9. The molecule has 3 fully saturated rings. The van der Waals surface area contributed by atoms with E-state index >= 15 is 0 Å². The van der Waals surface area contributed by atoms with E-state index in [1.165, 1.54) is 0 Å². The maximum atomic E-state index is 11.7. The Kier molecular flexibility index (Phi) is 11.5. The lowest BCUT2D eigenvalue weighted by Crippen LogP contribution is -2.69. The van der Waals surface area contributed by atoms with E-state index in [-0.39, 0.29) is 0 Å². The Balaban J connectivity index is 1.78. The number of carbonyl (C=O) groups is 2. The van der Waals surface area contributed by atoms with Gasteiger partial charge in [0.2, 0.25) is 11.8 Å². The van der Waals surface area contributed by atoms with E-state index in [4.69, 9.17) is 23.7 Å². The van der Waals surface area contributed by atoms with Gasteiger partial charge in [0.15, 0.2) is 18.9 Å². The van der Waals surface area contributed by atoms with Crippen molar-refractivity contribution in [3.8, 4) is 0 Å². The van der Waals surface area contributed by atoms with E-state index in [2.05, 4.69) is 10.6 Å². The van der Waals surface area contributed by atoms with Gasteiger partial charge in [0.1, 0.15) is 73.1 Å². The average molecular weight is 587 g/mol. The molecule has 0 unspecified atom stereocenters. The molecule has 3 saturated heterocycles. The molecule has 0 aliphatic carbocycles. The Morgan fingerprint density at radius 3 is 1.62 bits per heavy atom. The minimum atomic E-state index is -1.93. The predicted molar refractivity (Wildman–Crippen MR) is 124 cm³/mol. The molecular weight excluding hydrogens is 548 g/mol. The molecule has 18 nitrogen and oxygen atoms in total. The molecule has 0 aromatic carbocycles. The van der Waals surface area contributed by atoms with Crippen molar-refractivity contribution < 1.29 is 79.2 Å². The van der Waals surface area contributed by atoms with Gasteiger partial charge in [-0.3, -0.25) is 9.59 Å². The number of aliphatic hydroxyl groups is 9. The first-order chi connectivity index (χ1) is 18.8. The highest BCUT2D eigenvalue weighted by atomic mass is 16.7. The summed E-state index contributed by atoms with van der Waals surface area (Å²) in [4.78, 5) is 23.2. The van der Waals surface area contributed by atoms with Gasteiger partial charge in [-0.15, -0.1) is 0 Å². The predicted octanol–water partition coefficient (Wildman–Crippen LogP) is -7.29. The molecule has 0 aromatic rings. The number of rotatable bonds is 9. The van der Waals surface area contributed by atoms with Crippen molar-refractivity contribution >= 4 is 11.8 Å². The van der Waals surface area contributed by atoms with Crippen LogP contribution in [0.2, 0.25) is 0 Å². The summed E-state index contributed by atoms with van der Waals surface area (Å²) in [5.41, 5.74) is 0. The number of amides is 2. The summed E-state index contributed by atoms with van der Waals surface area (Å²) in [6.45, 7) is -0.106. The highest BCUT2D eigenvalue weighted by molar-refractivity contribution is 5.73. The molecule has 40 heavy (non-hydrogen) atoms. The van der Waals surface area contributed by atoms with Gasteiger partial charge in [-0.2, -0.15) is 0 Å². The lowest BCUT2D eigenvalue weighted by atomic mass is 9.94. The first-order valence-corrected chi connectivity index (χ1v) is 12.6.